The van der Waals surface area contributed by atoms with Crippen molar-refractivity contribution in [3.05, 3.63) is 94.4 Å². The van der Waals surface area contributed by atoms with Crippen molar-refractivity contribution in [1.29, 1.82) is 0 Å². The molecule has 1 amide bonds. The van der Waals surface area contributed by atoms with Gasteiger partial charge in [-0.15, -0.1) is 0 Å². The molecule has 0 spiro atoms. The number of benzene rings is 2. The average molecular weight is 445 g/mol. The summed E-state index contributed by atoms with van der Waals surface area (Å²) in [6, 6.07) is 16.3. The first-order valence-corrected chi connectivity index (χ1v) is 10.9. The Bertz CT molecular complexity index is 1240. The Balaban J connectivity index is 1.56. The quantitative estimate of drug-likeness (QED) is 0.426. The number of carbonyl (C=O) groups is 2. The molecule has 0 saturated carbocycles. The van der Waals surface area contributed by atoms with E-state index < -0.39 is 0 Å². The number of ether oxygens (including phenoxy) is 1. The highest BCUT2D eigenvalue weighted by Crippen LogP contribution is 2.32. The summed E-state index contributed by atoms with van der Waals surface area (Å²) in [5, 5.41) is 6.30. The van der Waals surface area contributed by atoms with E-state index in [9.17, 15) is 9.59 Å². The summed E-state index contributed by atoms with van der Waals surface area (Å²) in [7, 11) is 1.63. The normalized spacial score (nSPS) is 15.5. The molecular formula is C27H28N2O4. The van der Waals surface area contributed by atoms with Crippen LogP contribution in [0.5, 0.6) is 5.75 Å². The molecule has 4 rings (SSSR count). The molecule has 1 aliphatic rings. The summed E-state index contributed by atoms with van der Waals surface area (Å²) >= 11 is 0. The number of amides is 1. The van der Waals surface area contributed by atoms with Gasteiger partial charge in [-0.25, -0.2) is 0 Å². The number of carbonyl (C=O) groups excluding carboxylic acids is 2. The summed E-state index contributed by atoms with van der Waals surface area (Å²) in [5.41, 5.74) is 3.51. The van der Waals surface area contributed by atoms with Crippen molar-refractivity contribution in [2.75, 3.05) is 7.11 Å². The number of hydrogen-bond acceptors (Lipinski definition) is 5. The summed E-state index contributed by atoms with van der Waals surface area (Å²) in [4.78, 5) is 25.8. The molecule has 6 nitrogen and oxygen atoms in total. The lowest BCUT2D eigenvalue weighted by Gasteiger charge is -2.35. The van der Waals surface area contributed by atoms with Gasteiger partial charge in [-0.2, -0.15) is 0 Å². The van der Waals surface area contributed by atoms with Gasteiger partial charge in [0.05, 0.1) is 13.7 Å². The van der Waals surface area contributed by atoms with Crippen LogP contribution in [0.2, 0.25) is 0 Å². The van der Waals surface area contributed by atoms with Crippen molar-refractivity contribution in [3.8, 4) is 5.75 Å². The molecule has 0 saturated heterocycles. The maximum absolute atomic E-state index is 13.2. The minimum atomic E-state index is -0.265. The molecule has 0 bridgehead atoms. The van der Waals surface area contributed by atoms with Gasteiger partial charge in [0.2, 0.25) is 0 Å². The van der Waals surface area contributed by atoms with Gasteiger partial charge in [0.15, 0.2) is 5.78 Å². The third-order valence-corrected chi connectivity index (χ3v) is 5.62. The molecule has 2 N–H and O–H groups in total. The highest BCUT2D eigenvalue weighted by Gasteiger charge is 2.28. The Hall–Kier alpha value is -3.80. The minimum absolute atomic E-state index is 0.180. The SMILES string of the molecule is COc1ccc2c(c1)/C(=C/C(=O)c1cccc(C(=O)NCc3ccc(C)o3)c1)NC(C)(C)C2. The van der Waals surface area contributed by atoms with Gasteiger partial charge in [-0.1, -0.05) is 18.2 Å². The zero-order chi connectivity index (χ0) is 23.6. The molecule has 0 radical (unpaired) electrons. The van der Waals surface area contributed by atoms with Crippen molar-refractivity contribution < 1.29 is 18.7 Å². The predicted octanol–water partition coefficient (Wildman–Crippen LogP) is 4.67. The van der Waals surface area contributed by atoms with Gasteiger partial charge in [0.25, 0.3) is 5.91 Å². The standard InChI is InChI=1S/C27H28N2O4/c1-17-8-10-22(33-17)16-28-26(31)19-7-5-6-18(12-19)25(30)14-24-23-13-21(32-4)11-9-20(23)15-27(2,3)29-24/h5-14,29H,15-16H2,1-4H3,(H,28,31)/b24-14-. The summed E-state index contributed by atoms with van der Waals surface area (Å²) < 4.78 is 10.9. The van der Waals surface area contributed by atoms with Crippen molar-refractivity contribution in [1.82, 2.24) is 10.6 Å². The fourth-order valence-corrected chi connectivity index (χ4v) is 4.03. The molecule has 1 aromatic heterocycles. The van der Waals surface area contributed by atoms with E-state index in [2.05, 4.69) is 24.5 Å². The van der Waals surface area contributed by atoms with Crippen molar-refractivity contribution in [2.45, 2.75) is 39.3 Å². The van der Waals surface area contributed by atoms with Gasteiger partial charge >= 0.3 is 0 Å². The van der Waals surface area contributed by atoms with Crippen LogP contribution in [0.25, 0.3) is 5.70 Å². The average Bonchev–Trinajstić information content (AvgIpc) is 3.21. The maximum Gasteiger partial charge on any atom is 0.251 e. The number of rotatable bonds is 6. The molecule has 0 aliphatic carbocycles. The first kappa shape index (κ1) is 22.4. The second-order valence-corrected chi connectivity index (χ2v) is 8.91. The maximum atomic E-state index is 13.2. The van der Waals surface area contributed by atoms with Crippen LogP contribution in [0.1, 0.15) is 57.2 Å². The Labute approximate surface area is 193 Å². The predicted molar refractivity (Wildman–Crippen MR) is 127 cm³/mol. The van der Waals surface area contributed by atoms with Crippen LogP contribution in [0.15, 0.2) is 65.1 Å². The zero-order valence-corrected chi connectivity index (χ0v) is 19.3. The van der Waals surface area contributed by atoms with E-state index in [0.29, 0.717) is 16.9 Å². The summed E-state index contributed by atoms with van der Waals surface area (Å²) in [5.74, 6) is 1.76. The Morgan fingerprint density at radius 2 is 1.91 bits per heavy atom. The Morgan fingerprint density at radius 1 is 1.12 bits per heavy atom. The number of fused-ring (bicyclic) bond motifs is 1. The van der Waals surface area contributed by atoms with E-state index in [-0.39, 0.29) is 23.8 Å². The monoisotopic (exact) mass is 444 g/mol. The Morgan fingerprint density at radius 3 is 2.64 bits per heavy atom. The number of furan rings is 1. The van der Waals surface area contributed by atoms with Gasteiger partial charge < -0.3 is 19.8 Å². The van der Waals surface area contributed by atoms with Crippen molar-refractivity contribution in [2.24, 2.45) is 0 Å². The molecule has 0 unspecified atom stereocenters. The fraction of sp³-hybridized carbons (Fsp3) is 0.259. The lowest BCUT2D eigenvalue weighted by molar-refractivity contribution is 0.0948. The third-order valence-electron chi connectivity index (χ3n) is 5.62. The molecule has 0 atom stereocenters. The van der Waals surface area contributed by atoms with Crippen LogP contribution in [-0.4, -0.2) is 24.3 Å². The molecular weight excluding hydrogens is 416 g/mol. The lowest BCUT2D eigenvalue weighted by Crippen LogP contribution is -2.43. The largest absolute Gasteiger partial charge is 0.497 e. The smallest absolute Gasteiger partial charge is 0.251 e. The second kappa shape index (κ2) is 8.98. The van der Waals surface area contributed by atoms with E-state index in [4.69, 9.17) is 9.15 Å². The van der Waals surface area contributed by atoms with Crippen LogP contribution in [0, 0.1) is 6.92 Å². The number of ketones is 1. The third kappa shape index (κ3) is 5.17. The number of methoxy groups -OCH3 is 1. The first-order valence-electron chi connectivity index (χ1n) is 10.9. The number of nitrogens with one attached hydrogen (secondary N) is 2. The number of hydrogen-bond donors (Lipinski definition) is 2. The highest BCUT2D eigenvalue weighted by atomic mass is 16.5. The van der Waals surface area contributed by atoms with Crippen LogP contribution in [0.4, 0.5) is 0 Å². The molecule has 0 fully saturated rings. The molecule has 170 valence electrons. The van der Waals surface area contributed by atoms with Gasteiger partial charge in [-0.3, -0.25) is 9.59 Å². The van der Waals surface area contributed by atoms with Gasteiger partial charge in [0, 0.05) is 34.0 Å². The second-order valence-electron chi connectivity index (χ2n) is 8.91. The lowest BCUT2D eigenvalue weighted by atomic mass is 9.85. The van der Waals surface area contributed by atoms with E-state index in [1.165, 1.54) is 0 Å². The number of aryl methyl sites for hydroxylation is 1. The number of allylic oxidation sites excluding steroid dienone is 1. The molecule has 33 heavy (non-hydrogen) atoms. The van der Waals surface area contributed by atoms with Crippen molar-refractivity contribution >= 4 is 17.4 Å². The van der Waals surface area contributed by atoms with Crippen LogP contribution < -0.4 is 15.4 Å². The molecule has 2 aromatic carbocycles. The van der Waals surface area contributed by atoms with E-state index >= 15 is 0 Å². The Kier molecular flexibility index (Phi) is 6.09. The first-order chi connectivity index (χ1) is 15.7. The fourth-order valence-electron chi connectivity index (χ4n) is 4.03. The molecule has 2 heterocycles. The van der Waals surface area contributed by atoms with E-state index in [1.807, 2.05) is 37.3 Å². The van der Waals surface area contributed by atoms with Crippen molar-refractivity contribution in [3.63, 3.8) is 0 Å². The molecule has 1 aliphatic heterocycles. The summed E-state index contributed by atoms with van der Waals surface area (Å²) in [6.07, 6.45) is 2.44. The molecule has 3 aromatic rings. The van der Waals surface area contributed by atoms with Gasteiger partial charge in [-0.05, 0) is 69.2 Å². The van der Waals surface area contributed by atoms with E-state index in [0.717, 1.165) is 34.8 Å². The van der Waals surface area contributed by atoms with Crippen LogP contribution in [0.3, 0.4) is 0 Å². The minimum Gasteiger partial charge on any atom is -0.497 e. The summed E-state index contributed by atoms with van der Waals surface area (Å²) in [6.45, 7) is 6.34. The van der Waals surface area contributed by atoms with Crippen LogP contribution >= 0.6 is 0 Å². The van der Waals surface area contributed by atoms with Gasteiger partial charge in [0.1, 0.15) is 17.3 Å². The highest BCUT2D eigenvalue weighted by molar-refractivity contribution is 6.10. The zero-order valence-electron chi connectivity index (χ0n) is 19.3. The van der Waals surface area contributed by atoms with E-state index in [1.54, 1.807) is 37.5 Å². The van der Waals surface area contributed by atoms with Crippen LogP contribution in [-0.2, 0) is 13.0 Å². The molecule has 6 heteroatoms. The topological polar surface area (TPSA) is 80.6 Å².